The maximum atomic E-state index is 12.6. The molecule has 0 saturated carbocycles. The van der Waals surface area contributed by atoms with Gasteiger partial charge in [0, 0.05) is 47.7 Å². The molecule has 0 bridgehead atoms. The molecule has 1 fully saturated rings. The number of H-pyrrole nitrogens is 1. The number of hydrogen-bond donors (Lipinski definition) is 2. The van der Waals surface area contributed by atoms with Crippen molar-refractivity contribution in [2.75, 3.05) is 18.0 Å². The van der Waals surface area contributed by atoms with E-state index in [2.05, 4.69) is 27.0 Å². The number of aromatic amines is 1. The molecule has 1 saturated heterocycles. The highest BCUT2D eigenvalue weighted by molar-refractivity contribution is 6.34. The Morgan fingerprint density at radius 2 is 1.80 bits per heavy atom. The first-order valence-corrected chi connectivity index (χ1v) is 10.3. The molecule has 2 aromatic heterocycles. The van der Waals surface area contributed by atoms with E-state index in [1.807, 2.05) is 18.2 Å². The minimum absolute atomic E-state index is 0.0756. The zero-order chi connectivity index (χ0) is 20.7. The van der Waals surface area contributed by atoms with Gasteiger partial charge >= 0.3 is 0 Å². The first-order chi connectivity index (χ1) is 14.6. The number of nitrogens with zero attached hydrogens (tertiary/aromatic N) is 2. The fourth-order valence-electron chi connectivity index (χ4n) is 4.13. The van der Waals surface area contributed by atoms with Crippen LogP contribution in [0.2, 0.25) is 5.02 Å². The number of nitrogens with one attached hydrogen (secondary N) is 1. The van der Waals surface area contributed by atoms with E-state index in [9.17, 15) is 9.90 Å². The second kappa shape index (κ2) is 7.50. The summed E-state index contributed by atoms with van der Waals surface area (Å²) in [5.74, 6) is -0.0756. The lowest BCUT2D eigenvalue weighted by Crippen LogP contribution is -2.17. The molecule has 1 aliphatic rings. The van der Waals surface area contributed by atoms with E-state index in [1.54, 1.807) is 30.6 Å². The number of hydrogen-bond acceptors (Lipinski definition) is 4. The van der Waals surface area contributed by atoms with Crippen LogP contribution in [-0.2, 0) is 0 Å². The number of benzene rings is 2. The van der Waals surface area contributed by atoms with Crippen LogP contribution in [0.4, 0.5) is 5.69 Å². The summed E-state index contributed by atoms with van der Waals surface area (Å²) in [6.07, 6.45) is 5.65. The summed E-state index contributed by atoms with van der Waals surface area (Å²) in [5, 5.41) is 12.0. The molecule has 1 aliphatic heterocycles. The average Bonchev–Trinajstić information content (AvgIpc) is 3.29. The number of anilines is 1. The van der Waals surface area contributed by atoms with Crippen molar-refractivity contribution in [1.82, 2.24) is 9.97 Å². The van der Waals surface area contributed by atoms with E-state index < -0.39 is 0 Å². The monoisotopic (exact) mass is 417 g/mol. The van der Waals surface area contributed by atoms with Crippen molar-refractivity contribution >= 4 is 28.2 Å². The van der Waals surface area contributed by atoms with Gasteiger partial charge in [-0.15, -0.1) is 0 Å². The molecule has 2 aromatic carbocycles. The van der Waals surface area contributed by atoms with Crippen molar-refractivity contribution < 1.29 is 5.11 Å². The Morgan fingerprint density at radius 3 is 2.50 bits per heavy atom. The molecule has 2 N–H and O–H groups in total. The van der Waals surface area contributed by atoms with Gasteiger partial charge in [0.15, 0.2) is 0 Å². The zero-order valence-electron chi connectivity index (χ0n) is 16.2. The van der Waals surface area contributed by atoms with Gasteiger partial charge in [-0.2, -0.15) is 0 Å². The highest BCUT2D eigenvalue weighted by Gasteiger charge is 2.17. The van der Waals surface area contributed by atoms with Crippen molar-refractivity contribution in [3.63, 3.8) is 0 Å². The van der Waals surface area contributed by atoms with E-state index in [1.165, 1.54) is 18.5 Å². The topological polar surface area (TPSA) is 69.2 Å². The van der Waals surface area contributed by atoms with Crippen LogP contribution in [0, 0.1) is 0 Å². The Labute approximate surface area is 178 Å². The number of aromatic nitrogens is 2. The number of aromatic hydroxyl groups is 1. The summed E-state index contributed by atoms with van der Waals surface area (Å²) in [6, 6.07) is 15.3. The van der Waals surface area contributed by atoms with Gasteiger partial charge < -0.3 is 15.0 Å². The highest BCUT2D eigenvalue weighted by Crippen LogP contribution is 2.38. The molecule has 30 heavy (non-hydrogen) atoms. The second-order valence-corrected chi connectivity index (χ2v) is 7.95. The Bertz CT molecular complexity index is 1280. The summed E-state index contributed by atoms with van der Waals surface area (Å²) in [5.41, 5.74) is 3.84. The van der Waals surface area contributed by atoms with Crippen LogP contribution in [0.3, 0.4) is 0 Å². The minimum Gasteiger partial charge on any atom is -0.506 e. The third kappa shape index (κ3) is 3.21. The second-order valence-electron chi connectivity index (χ2n) is 7.54. The predicted octanol–water partition coefficient (Wildman–Crippen LogP) is 5.22. The molecule has 150 valence electrons. The quantitative estimate of drug-likeness (QED) is 0.479. The normalized spacial score (nSPS) is 13.8. The van der Waals surface area contributed by atoms with Crippen LogP contribution in [0.25, 0.3) is 33.2 Å². The van der Waals surface area contributed by atoms with Crippen LogP contribution < -0.4 is 10.5 Å². The molecule has 3 heterocycles. The first kappa shape index (κ1) is 18.7. The summed E-state index contributed by atoms with van der Waals surface area (Å²) in [4.78, 5) is 21.9. The van der Waals surface area contributed by atoms with Gasteiger partial charge in [-0.3, -0.25) is 9.78 Å². The van der Waals surface area contributed by atoms with E-state index >= 15 is 0 Å². The van der Waals surface area contributed by atoms with Crippen LogP contribution in [-0.4, -0.2) is 28.2 Å². The summed E-state index contributed by atoms with van der Waals surface area (Å²) in [6.45, 7) is 2.18. The molecule has 0 atom stereocenters. The lowest BCUT2D eigenvalue weighted by Gasteiger charge is -2.18. The fourth-order valence-corrected chi connectivity index (χ4v) is 4.40. The van der Waals surface area contributed by atoms with Gasteiger partial charge in [0.1, 0.15) is 5.75 Å². The van der Waals surface area contributed by atoms with Gasteiger partial charge in [0.05, 0.1) is 16.1 Å². The van der Waals surface area contributed by atoms with Crippen LogP contribution in [0.1, 0.15) is 12.8 Å². The number of rotatable bonds is 3. The largest absolute Gasteiger partial charge is 0.506 e. The molecule has 0 amide bonds. The van der Waals surface area contributed by atoms with E-state index in [0.29, 0.717) is 21.5 Å². The molecule has 0 unspecified atom stereocenters. The molecule has 0 radical (unpaired) electrons. The minimum atomic E-state index is -0.383. The zero-order valence-corrected chi connectivity index (χ0v) is 17.0. The molecule has 5 nitrogen and oxygen atoms in total. The molecule has 4 aromatic rings. The van der Waals surface area contributed by atoms with Crippen LogP contribution in [0.5, 0.6) is 5.75 Å². The summed E-state index contributed by atoms with van der Waals surface area (Å²) in [7, 11) is 0. The van der Waals surface area contributed by atoms with Crippen LogP contribution in [0.15, 0.2) is 65.7 Å². The highest BCUT2D eigenvalue weighted by atomic mass is 35.5. The van der Waals surface area contributed by atoms with Gasteiger partial charge in [0.25, 0.3) is 5.56 Å². The van der Waals surface area contributed by atoms with E-state index in [0.717, 1.165) is 24.2 Å². The van der Waals surface area contributed by atoms with Gasteiger partial charge in [-0.25, -0.2) is 0 Å². The summed E-state index contributed by atoms with van der Waals surface area (Å²) < 4.78 is 0. The molecular formula is C24H20ClN3O2. The Morgan fingerprint density at radius 1 is 1.03 bits per heavy atom. The SMILES string of the molecule is O=c1[nH]c2cc(Cl)c(-c3ccc(N4CCCC4)cc3)cc2c(O)c1-c1cccnc1. The van der Waals surface area contributed by atoms with Gasteiger partial charge in [-0.1, -0.05) is 29.8 Å². The van der Waals surface area contributed by atoms with Gasteiger partial charge in [0.2, 0.25) is 0 Å². The first-order valence-electron chi connectivity index (χ1n) is 9.96. The Balaban J connectivity index is 1.63. The van der Waals surface area contributed by atoms with Crippen molar-refractivity contribution in [3.8, 4) is 28.0 Å². The average molecular weight is 418 g/mol. The van der Waals surface area contributed by atoms with Crippen molar-refractivity contribution in [1.29, 1.82) is 0 Å². The molecule has 5 rings (SSSR count). The number of pyridine rings is 2. The lowest BCUT2D eigenvalue weighted by atomic mass is 9.99. The Kier molecular flexibility index (Phi) is 4.68. The van der Waals surface area contributed by atoms with Crippen molar-refractivity contribution in [3.05, 3.63) is 76.3 Å². The fraction of sp³-hybridized carbons (Fsp3) is 0.167. The van der Waals surface area contributed by atoms with E-state index in [4.69, 9.17) is 11.6 Å². The smallest absolute Gasteiger partial charge is 0.260 e. The molecule has 0 spiro atoms. The standard InChI is InChI=1S/C24H20ClN3O2/c25-20-13-21-19(23(29)22(24(30)27-21)16-4-3-9-26-14-16)12-18(20)15-5-7-17(8-6-15)28-10-1-2-11-28/h3-9,12-14H,1-2,10-11H2,(H2,27,29,30). The van der Waals surface area contributed by atoms with Crippen LogP contribution >= 0.6 is 11.6 Å². The number of halogens is 1. The van der Waals surface area contributed by atoms with E-state index in [-0.39, 0.29) is 16.9 Å². The number of fused-ring (bicyclic) bond motifs is 1. The lowest BCUT2D eigenvalue weighted by molar-refractivity contribution is 0.482. The predicted molar refractivity (Wildman–Crippen MR) is 121 cm³/mol. The maximum absolute atomic E-state index is 12.6. The summed E-state index contributed by atoms with van der Waals surface area (Å²) >= 11 is 6.54. The molecular weight excluding hydrogens is 398 g/mol. The third-order valence-electron chi connectivity index (χ3n) is 5.67. The third-order valence-corrected chi connectivity index (χ3v) is 5.99. The van der Waals surface area contributed by atoms with Crippen molar-refractivity contribution in [2.24, 2.45) is 0 Å². The molecule has 6 heteroatoms. The Hall–Kier alpha value is -3.31. The van der Waals surface area contributed by atoms with Gasteiger partial charge in [-0.05, 0) is 48.7 Å². The van der Waals surface area contributed by atoms with Crippen molar-refractivity contribution in [2.45, 2.75) is 12.8 Å². The molecule has 0 aliphatic carbocycles. The maximum Gasteiger partial charge on any atom is 0.260 e.